The molecule has 0 saturated heterocycles. The quantitative estimate of drug-likeness (QED) is 0.532. The SMILES string of the molecule is O=C(N[C@@H](c1ccccc1Cl)[C@H](O)C(=O)O)OCC1c2ccccc2-c2ccccc21. The monoisotopic (exact) mass is 437 g/mol. The lowest BCUT2D eigenvalue weighted by atomic mass is 9.98. The average molecular weight is 438 g/mol. The van der Waals surface area contributed by atoms with Crippen molar-refractivity contribution in [2.24, 2.45) is 0 Å². The normalized spacial score (nSPS) is 14.3. The molecule has 158 valence electrons. The molecule has 3 N–H and O–H groups in total. The molecule has 31 heavy (non-hydrogen) atoms. The van der Waals surface area contributed by atoms with Gasteiger partial charge in [0.2, 0.25) is 0 Å². The maximum Gasteiger partial charge on any atom is 0.407 e. The van der Waals surface area contributed by atoms with Crippen LogP contribution in [0.1, 0.15) is 28.7 Å². The smallest absolute Gasteiger partial charge is 0.407 e. The Kier molecular flexibility index (Phi) is 5.93. The number of amides is 1. The van der Waals surface area contributed by atoms with Crippen molar-refractivity contribution >= 4 is 23.7 Å². The molecule has 0 fully saturated rings. The Bertz CT molecular complexity index is 1090. The zero-order chi connectivity index (χ0) is 22.0. The lowest BCUT2D eigenvalue weighted by Crippen LogP contribution is -2.41. The lowest BCUT2D eigenvalue weighted by Gasteiger charge is -2.23. The topological polar surface area (TPSA) is 95.9 Å². The van der Waals surface area contributed by atoms with Crippen LogP contribution >= 0.6 is 11.6 Å². The molecule has 2 atom stereocenters. The molecular formula is C24H20ClNO5. The van der Waals surface area contributed by atoms with Crippen LogP contribution in [0.3, 0.4) is 0 Å². The number of hydrogen-bond donors (Lipinski definition) is 3. The second-order valence-corrected chi connectivity index (χ2v) is 7.66. The van der Waals surface area contributed by atoms with Gasteiger partial charge in [-0.1, -0.05) is 78.3 Å². The summed E-state index contributed by atoms with van der Waals surface area (Å²) in [6.45, 7) is 0.0677. The second kappa shape index (κ2) is 8.79. The molecule has 0 radical (unpaired) electrons. The molecule has 1 aliphatic carbocycles. The highest BCUT2D eigenvalue weighted by Crippen LogP contribution is 2.44. The first-order chi connectivity index (χ1) is 15.0. The largest absolute Gasteiger partial charge is 0.479 e. The van der Waals surface area contributed by atoms with Crippen LogP contribution in [0.15, 0.2) is 72.8 Å². The van der Waals surface area contributed by atoms with Gasteiger partial charge in [-0.15, -0.1) is 0 Å². The Balaban J connectivity index is 1.52. The van der Waals surface area contributed by atoms with Crippen molar-refractivity contribution < 1.29 is 24.5 Å². The van der Waals surface area contributed by atoms with Crippen LogP contribution in [0.2, 0.25) is 5.02 Å². The number of benzene rings is 3. The minimum Gasteiger partial charge on any atom is -0.479 e. The van der Waals surface area contributed by atoms with Crippen LogP contribution in [0.5, 0.6) is 0 Å². The zero-order valence-electron chi connectivity index (χ0n) is 16.4. The Morgan fingerprint density at radius 1 is 0.935 bits per heavy atom. The van der Waals surface area contributed by atoms with E-state index in [4.69, 9.17) is 16.3 Å². The van der Waals surface area contributed by atoms with E-state index in [2.05, 4.69) is 5.32 Å². The zero-order valence-corrected chi connectivity index (χ0v) is 17.1. The van der Waals surface area contributed by atoms with Crippen LogP contribution < -0.4 is 5.32 Å². The number of aliphatic hydroxyl groups is 1. The predicted octanol–water partition coefficient (Wildman–Crippen LogP) is 4.37. The first kappa shape index (κ1) is 20.9. The van der Waals surface area contributed by atoms with Crippen molar-refractivity contribution in [2.75, 3.05) is 6.61 Å². The molecular weight excluding hydrogens is 418 g/mol. The number of rotatable bonds is 6. The summed E-state index contributed by atoms with van der Waals surface area (Å²) < 4.78 is 5.46. The highest BCUT2D eigenvalue weighted by atomic mass is 35.5. The van der Waals surface area contributed by atoms with Gasteiger partial charge in [0.25, 0.3) is 0 Å². The summed E-state index contributed by atoms with van der Waals surface area (Å²) in [5, 5.41) is 22.1. The van der Waals surface area contributed by atoms with Gasteiger partial charge in [-0.25, -0.2) is 9.59 Å². The summed E-state index contributed by atoms with van der Waals surface area (Å²) in [5.41, 5.74) is 4.60. The number of hydrogen-bond acceptors (Lipinski definition) is 4. The first-order valence-electron chi connectivity index (χ1n) is 9.74. The van der Waals surface area contributed by atoms with E-state index in [9.17, 15) is 19.8 Å². The van der Waals surface area contributed by atoms with Gasteiger partial charge in [0.15, 0.2) is 6.10 Å². The molecule has 7 heteroatoms. The number of carboxylic acid groups (broad SMARTS) is 1. The first-order valence-corrected chi connectivity index (χ1v) is 10.1. The molecule has 3 aromatic carbocycles. The number of aliphatic hydroxyl groups excluding tert-OH is 1. The number of aliphatic carboxylic acids is 1. The summed E-state index contributed by atoms with van der Waals surface area (Å²) in [6, 6.07) is 21.0. The number of halogens is 1. The molecule has 0 bridgehead atoms. The van der Waals surface area contributed by atoms with Crippen molar-refractivity contribution in [3.8, 4) is 11.1 Å². The van der Waals surface area contributed by atoms with E-state index in [-0.39, 0.29) is 23.1 Å². The third kappa shape index (κ3) is 4.13. The number of alkyl carbamates (subject to hydrolysis) is 1. The van der Waals surface area contributed by atoms with Crippen LogP contribution in [-0.4, -0.2) is 35.0 Å². The number of carbonyl (C=O) groups excluding carboxylic acids is 1. The van der Waals surface area contributed by atoms with Crippen molar-refractivity contribution in [2.45, 2.75) is 18.1 Å². The van der Waals surface area contributed by atoms with Gasteiger partial charge in [0.05, 0.1) is 6.04 Å². The van der Waals surface area contributed by atoms with Crippen molar-refractivity contribution in [3.05, 3.63) is 94.5 Å². The number of nitrogens with one attached hydrogen (secondary N) is 1. The summed E-state index contributed by atoms with van der Waals surface area (Å²) in [5.74, 6) is -1.62. The van der Waals surface area contributed by atoms with Gasteiger partial charge in [0.1, 0.15) is 6.61 Å². The number of carbonyl (C=O) groups is 2. The van der Waals surface area contributed by atoms with Gasteiger partial charge in [-0.3, -0.25) is 0 Å². The molecule has 1 amide bonds. The van der Waals surface area contributed by atoms with E-state index in [1.165, 1.54) is 0 Å². The van der Waals surface area contributed by atoms with Gasteiger partial charge >= 0.3 is 12.1 Å². The molecule has 6 nitrogen and oxygen atoms in total. The molecule has 0 aliphatic heterocycles. The van der Waals surface area contributed by atoms with Crippen molar-refractivity contribution in [1.29, 1.82) is 0 Å². The predicted molar refractivity (Wildman–Crippen MR) is 116 cm³/mol. The summed E-state index contributed by atoms with van der Waals surface area (Å²) in [7, 11) is 0. The number of ether oxygens (including phenoxy) is 1. The minimum absolute atomic E-state index is 0.0677. The van der Waals surface area contributed by atoms with E-state index in [1.807, 2.05) is 48.5 Å². The maximum atomic E-state index is 12.6. The Morgan fingerprint density at radius 3 is 2.06 bits per heavy atom. The van der Waals surface area contributed by atoms with E-state index < -0.39 is 24.2 Å². The van der Waals surface area contributed by atoms with Gasteiger partial charge in [-0.05, 0) is 33.9 Å². The molecule has 3 aromatic rings. The minimum atomic E-state index is -1.89. The summed E-state index contributed by atoms with van der Waals surface area (Å²) >= 11 is 6.15. The average Bonchev–Trinajstić information content (AvgIpc) is 3.10. The Morgan fingerprint density at radius 2 is 1.48 bits per heavy atom. The lowest BCUT2D eigenvalue weighted by molar-refractivity contribution is -0.148. The maximum absolute atomic E-state index is 12.6. The van der Waals surface area contributed by atoms with E-state index in [1.54, 1.807) is 24.3 Å². The summed E-state index contributed by atoms with van der Waals surface area (Å²) in [6.07, 6.45) is -2.73. The van der Waals surface area contributed by atoms with Crippen molar-refractivity contribution in [1.82, 2.24) is 5.32 Å². The molecule has 0 aromatic heterocycles. The van der Waals surface area contributed by atoms with E-state index in [0.29, 0.717) is 0 Å². The van der Waals surface area contributed by atoms with Crippen molar-refractivity contribution in [3.63, 3.8) is 0 Å². The van der Waals surface area contributed by atoms with Gasteiger partial charge in [-0.2, -0.15) is 0 Å². The van der Waals surface area contributed by atoms with Crippen LogP contribution in [-0.2, 0) is 9.53 Å². The third-order valence-electron chi connectivity index (χ3n) is 5.43. The standard InChI is InChI=1S/C24H20ClNO5/c25-20-12-6-5-11-18(20)21(22(27)23(28)29)26-24(30)31-13-19-16-9-3-1-7-14(16)15-8-2-4-10-17(15)19/h1-12,19,21-22,27H,13H2,(H,26,30)(H,28,29)/t21-,22-/m0/s1. The molecule has 4 rings (SSSR count). The Hall–Kier alpha value is -3.35. The fourth-order valence-corrected chi connectivity index (χ4v) is 4.22. The van der Waals surface area contributed by atoms with E-state index in [0.717, 1.165) is 22.3 Å². The molecule has 0 unspecified atom stereocenters. The fraction of sp³-hybridized carbons (Fsp3) is 0.167. The molecule has 0 heterocycles. The third-order valence-corrected chi connectivity index (χ3v) is 5.77. The van der Waals surface area contributed by atoms with Gasteiger partial charge < -0.3 is 20.3 Å². The van der Waals surface area contributed by atoms with E-state index >= 15 is 0 Å². The molecule has 0 spiro atoms. The highest BCUT2D eigenvalue weighted by molar-refractivity contribution is 6.31. The Labute approximate surface area is 184 Å². The number of fused-ring (bicyclic) bond motifs is 3. The second-order valence-electron chi connectivity index (χ2n) is 7.25. The molecule has 0 saturated carbocycles. The van der Waals surface area contributed by atoms with Crippen LogP contribution in [0, 0.1) is 0 Å². The van der Waals surface area contributed by atoms with Gasteiger partial charge in [0, 0.05) is 10.9 Å². The molecule has 1 aliphatic rings. The summed E-state index contributed by atoms with van der Waals surface area (Å²) in [4.78, 5) is 23.9. The van der Waals surface area contributed by atoms with Crippen LogP contribution in [0.25, 0.3) is 11.1 Å². The number of carboxylic acids is 1. The highest BCUT2D eigenvalue weighted by Gasteiger charge is 2.32. The van der Waals surface area contributed by atoms with Crippen LogP contribution in [0.4, 0.5) is 4.79 Å². The fourth-order valence-electron chi connectivity index (χ4n) is 3.96.